The van der Waals surface area contributed by atoms with E-state index in [-0.39, 0.29) is 11.4 Å². The van der Waals surface area contributed by atoms with Crippen LogP contribution in [-0.4, -0.2) is 27.9 Å². The Balaban J connectivity index is 1.78. The van der Waals surface area contributed by atoms with Crippen LogP contribution in [-0.2, 0) is 0 Å². The molecular weight excluding hydrogens is 284 g/mol. The van der Waals surface area contributed by atoms with Gasteiger partial charge in [0, 0.05) is 35.5 Å². The van der Waals surface area contributed by atoms with E-state index in [1.54, 1.807) is 6.20 Å². The standard InChI is InChI=1S/C20H30N2O/c1-19(2,3)13-16-9-11-22(20(16,4)5)18(23)15-8-10-21-17(12-15)14-6-7-14/h8,10,12,14,16H,6-7,9,11,13H2,1-5H3. The highest BCUT2D eigenvalue weighted by molar-refractivity contribution is 5.95. The number of nitrogens with zero attached hydrogens (tertiary/aromatic N) is 2. The van der Waals surface area contributed by atoms with Crippen molar-refractivity contribution in [2.45, 2.75) is 71.8 Å². The van der Waals surface area contributed by atoms with Crippen LogP contribution in [0.15, 0.2) is 18.3 Å². The molecule has 2 fully saturated rings. The molecule has 1 amide bonds. The summed E-state index contributed by atoms with van der Waals surface area (Å²) in [6.07, 6.45) is 6.50. The van der Waals surface area contributed by atoms with Gasteiger partial charge in [-0.05, 0) is 63.0 Å². The summed E-state index contributed by atoms with van der Waals surface area (Å²) < 4.78 is 0. The third kappa shape index (κ3) is 3.44. The number of carbonyl (C=O) groups excluding carboxylic acids is 1. The van der Waals surface area contributed by atoms with Crippen LogP contribution in [0.4, 0.5) is 0 Å². The maximum absolute atomic E-state index is 13.1. The number of pyridine rings is 1. The first kappa shape index (κ1) is 16.5. The molecule has 1 saturated heterocycles. The zero-order valence-corrected chi connectivity index (χ0v) is 15.2. The fourth-order valence-electron chi connectivity index (χ4n) is 3.94. The Kier molecular flexibility index (Phi) is 4.02. The molecule has 0 N–H and O–H groups in total. The molecule has 2 heterocycles. The first-order valence-electron chi connectivity index (χ1n) is 8.96. The molecule has 1 unspecified atom stereocenters. The molecule has 2 aliphatic rings. The number of rotatable bonds is 3. The predicted molar refractivity (Wildman–Crippen MR) is 93.5 cm³/mol. The van der Waals surface area contributed by atoms with Gasteiger partial charge in [-0.1, -0.05) is 20.8 Å². The number of carbonyl (C=O) groups is 1. The Bertz CT molecular complexity index is 596. The third-order valence-corrected chi connectivity index (χ3v) is 5.52. The van der Waals surface area contributed by atoms with E-state index in [1.807, 2.05) is 12.1 Å². The molecule has 1 saturated carbocycles. The SMILES string of the molecule is CC(C)(C)CC1CCN(C(=O)c2ccnc(C3CC3)c2)C1(C)C. The summed E-state index contributed by atoms with van der Waals surface area (Å²) in [5.41, 5.74) is 2.13. The van der Waals surface area contributed by atoms with E-state index in [0.717, 1.165) is 30.6 Å². The van der Waals surface area contributed by atoms with Gasteiger partial charge in [0.2, 0.25) is 0 Å². The summed E-state index contributed by atoms with van der Waals surface area (Å²) in [5.74, 6) is 1.33. The summed E-state index contributed by atoms with van der Waals surface area (Å²) in [6, 6.07) is 3.90. The molecule has 1 aliphatic carbocycles. The number of amides is 1. The van der Waals surface area contributed by atoms with Gasteiger partial charge < -0.3 is 4.90 Å². The maximum Gasteiger partial charge on any atom is 0.254 e. The zero-order valence-electron chi connectivity index (χ0n) is 15.2. The van der Waals surface area contributed by atoms with Crippen molar-refractivity contribution in [2.75, 3.05) is 6.54 Å². The van der Waals surface area contributed by atoms with Gasteiger partial charge in [0.25, 0.3) is 5.91 Å². The van der Waals surface area contributed by atoms with Gasteiger partial charge in [-0.2, -0.15) is 0 Å². The second-order valence-electron chi connectivity index (χ2n) is 9.10. The highest BCUT2D eigenvalue weighted by Crippen LogP contribution is 2.42. The van der Waals surface area contributed by atoms with Gasteiger partial charge in [-0.15, -0.1) is 0 Å². The van der Waals surface area contributed by atoms with Gasteiger partial charge in [-0.25, -0.2) is 0 Å². The fourth-order valence-corrected chi connectivity index (χ4v) is 3.94. The van der Waals surface area contributed by atoms with Gasteiger partial charge in [0.15, 0.2) is 0 Å². The van der Waals surface area contributed by atoms with Crippen LogP contribution in [0.1, 0.15) is 82.3 Å². The summed E-state index contributed by atoms with van der Waals surface area (Å²) in [5, 5.41) is 0. The predicted octanol–water partition coefficient (Wildman–Crippen LogP) is 4.64. The molecule has 1 aliphatic heterocycles. The highest BCUT2D eigenvalue weighted by Gasteiger charge is 2.45. The van der Waals surface area contributed by atoms with Crippen molar-refractivity contribution in [1.29, 1.82) is 0 Å². The van der Waals surface area contributed by atoms with Crippen LogP contribution < -0.4 is 0 Å². The minimum absolute atomic E-state index is 0.0760. The first-order chi connectivity index (χ1) is 10.7. The number of aromatic nitrogens is 1. The van der Waals surface area contributed by atoms with Crippen molar-refractivity contribution in [3.8, 4) is 0 Å². The number of hydrogen-bond acceptors (Lipinski definition) is 2. The number of likely N-dealkylation sites (tertiary alicyclic amines) is 1. The lowest BCUT2D eigenvalue weighted by Crippen LogP contribution is -2.46. The maximum atomic E-state index is 13.1. The second-order valence-corrected chi connectivity index (χ2v) is 9.10. The fraction of sp³-hybridized carbons (Fsp3) is 0.700. The Morgan fingerprint density at radius 2 is 2.00 bits per heavy atom. The Morgan fingerprint density at radius 1 is 1.30 bits per heavy atom. The monoisotopic (exact) mass is 314 g/mol. The van der Waals surface area contributed by atoms with E-state index in [0.29, 0.717) is 17.3 Å². The largest absolute Gasteiger partial charge is 0.333 e. The van der Waals surface area contributed by atoms with Crippen LogP contribution in [0.3, 0.4) is 0 Å². The van der Waals surface area contributed by atoms with Gasteiger partial charge in [-0.3, -0.25) is 9.78 Å². The minimum Gasteiger partial charge on any atom is -0.333 e. The Morgan fingerprint density at radius 3 is 2.61 bits per heavy atom. The average Bonchev–Trinajstić information content (AvgIpc) is 3.25. The molecule has 126 valence electrons. The van der Waals surface area contributed by atoms with Crippen molar-refractivity contribution < 1.29 is 4.79 Å². The van der Waals surface area contributed by atoms with Crippen LogP contribution in [0.2, 0.25) is 0 Å². The molecule has 0 spiro atoms. The molecule has 3 rings (SSSR count). The van der Waals surface area contributed by atoms with E-state index < -0.39 is 0 Å². The summed E-state index contributed by atoms with van der Waals surface area (Å²) in [6.45, 7) is 12.2. The van der Waals surface area contributed by atoms with Crippen LogP contribution in [0, 0.1) is 11.3 Å². The third-order valence-electron chi connectivity index (χ3n) is 5.52. The lowest BCUT2D eigenvalue weighted by Gasteiger charge is -2.38. The van der Waals surface area contributed by atoms with E-state index >= 15 is 0 Å². The van der Waals surface area contributed by atoms with Crippen molar-refractivity contribution >= 4 is 5.91 Å². The normalized spacial score (nSPS) is 24.0. The minimum atomic E-state index is -0.0760. The Labute approximate surface area is 140 Å². The van der Waals surface area contributed by atoms with Crippen LogP contribution >= 0.6 is 0 Å². The topological polar surface area (TPSA) is 33.2 Å². The zero-order chi connectivity index (χ0) is 16.8. The van der Waals surface area contributed by atoms with E-state index in [2.05, 4.69) is 44.5 Å². The van der Waals surface area contributed by atoms with E-state index in [4.69, 9.17) is 0 Å². The van der Waals surface area contributed by atoms with Crippen LogP contribution in [0.5, 0.6) is 0 Å². The van der Waals surface area contributed by atoms with Crippen molar-refractivity contribution in [3.63, 3.8) is 0 Å². The van der Waals surface area contributed by atoms with Crippen molar-refractivity contribution in [3.05, 3.63) is 29.6 Å². The molecular formula is C20H30N2O. The summed E-state index contributed by atoms with van der Waals surface area (Å²) in [4.78, 5) is 19.6. The van der Waals surface area contributed by atoms with E-state index in [1.165, 1.54) is 12.8 Å². The molecule has 1 atom stereocenters. The van der Waals surface area contributed by atoms with E-state index in [9.17, 15) is 4.79 Å². The Hall–Kier alpha value is -1.38. The molecule has 1 aromatic heterocycles. The van der Waals surface area contributed by atoms with Gasteiger partial charge in [0.05, 0.1) is 0 Å². The van der Waals surface area contributed by atoms with Crippen molar-refractivity contribution in [1.82, 2.24) is 9.88 Å². The molecule has 1 aromatic rings. The quantitative estimate of drug-likeness (QED) is 0.814. The van der Waals surface area contributed by atoms with Gasteiger partial charge >= 0.3 is 0 Å². The van der Waals surface area contributed by atoms with Crippen LogP contribution in [0.25, 0.3) is 0 Å². The van der Waals surface area contributed by atoms with Gasteiger partial charge in [0.1, 0.15) is 0 Å². The average molecular weight is 314 g/mol. The molecule has 23 heavy (non-hydrogen) atoms. The lowest BCUT2D eigenvalue weighted by molar-refractivity contribution is 0.0570. The molecule has 3 nitrogen and oxygen atoms in total. The molecule has 3 heteroatoms. The molecule has 0 radical (unpaired) electrons. The highest BCUT2D eigenvalue weighted by atomic mass is 16.2. The smallest absolute Gasteiger partial charge is 0.254 e. The van der Waals surface area contributed by atoms with Crippen molar-refractivity contribution in [2.24, 2.45) is 11.3 Å². The summed E-state index contributed by atoms with van der Waals surface area (Å²) in [7, 11) is 0. The lowest BCUT2D eigenvalue weighted by atomic mass is 9.76. The summed E-state index contributed by atoms with van der Waals surface area (Å²) >= 11 is 0. The molecule has 0 bridgehead atoms. The number of hydrogen-bond donors (Lipinski definition) is 0. The molecule has 0 aromatic carbocycles. The first-order valence-corrected chi connectivity index (χ1v) is 8.96. The second kappa shape index (κ2) is 5.61.